The van der Waals surface area contributed by atoms with Crippen LogP contribution in [0.2, 0.25) is 0 Å². The van der Waals surface area contributed by atoms with Crippen LogP contribution in [0.3, 0.4) is 0 Å². The Morgan fingerprint density at radius 3 is 2.07 bits per heavy atom. The van der Waals surface area contributed by atoms with Gasteiger partial charge >= 0.3 is 0 Å². The monoisotopic (exact) mass is 385 g/mol. The Bertz CT molecular complexity index is 1670. The Hall–Kier alpha value is -3.99. The lowest BCUT2D eigenvalue weighted by atomic mass is 9.33. The van der Waals surface area contributed by atoms with Gasteiger partial charge in [-0.3, -0.25) is 9.36 Å². The van der Waals surface area contributed by atoms with E-state index in [2.05, 4.69) is 6.07 Å². The molecule has 0 saturated heterocycles. The molecule has 0 bridgehead atoms. The Morgan fingerprint density at radius 2 is 1.27 bits per heavy atom. The van der Waals surface area contributed by atoms with E-state index >= 15 is 0 Å². The minimum atomic E-state index is -0.0111. The quantitative estimate of drug-likeness (QED) is 0.297. The first kappa shape index (κ1) is 14.9. The normalized spacial score (nSPS) is 13.9. The molecule has 138 valence electrons. The summed E-state index contributed by atoms with van der Waals surface area (Å²) in [5.41, 5.74) is 4.96. The summed E-state index contributed by atoms with van der Waals surface area (Å²) in [7, 11) is 0. The molecule has 0 unspecified atom stereocenters. The Balaban J connectivity index is 1.70. The average Bonchev–Trinajstić information content (AvgIpc) is 2.79. The van der Waals surface area contributed by atoms with Gasteiger partial charge in [-0.05, 0) is 58.8 Å². The molecule has 0 atom stereocenters. The number of fused-ring (bicyclic) bond motifs is 3. The first-order valence-electron chi connectivity index (χ1n) is 10.0. The summed E-state index contributed by atoms with van der Waals surface area (Å²) in [6, 6.07) is 23.9. The molecule has 0 N–H and O–H groups in total. The highest BCUT2D eigenvalue weighted by atomic mass is 16.5. The zero-order valence-electron chi connectivity index (χ0n) is 15.7. The van der Waals surface area contributed by atoms with E-state index in [1.165, 1.54) is 0 Å². The second-order valence-corrected chi connectivity index (χ2v) is 8.05. The van der Waals surface area contributed by atoms with Crippen LogP contribution >= 0.6 is 0 Å². The Morgan fingerprint density at radius 1 is 0.600 bits per heavy atom. The van der Waals surface area contributed by atoms with Crippen LogP contribution in [-0.2, 0) is 0 Å². The van der Waals surface area contributed by atoms with Gasteiger partial charge in [0.25, 0.3) is 12.3 Å². The first-order chi connectivity index (χ1) is 14.8. The third-order valence-corrected chi connectivity index (χ3v) is 6.67. The highest BCUT2D eigenvalue weighted by Crippen LogP contribution is 2.39. The fourth-order valence-electron chi connectivity index (χ4n) is 5.53. The van der Waals surface area contributed by atoms with Gasteiger partial charge in [-0.1, -0.05) is 30.3 Å². The number of hydrogen-bond acceptors (Lipinski definition) is 3. The zero-order valence-corrected chi connectivity index (χ0v) is 15.7. The van der Waals surface area contributed by atoms with E-state index < -0.39 is 0 Å². The lowest BCUT2D eigenvalue weighted by Crippen LogP contribution is -2.61. The maximum absolute atomic E-state index is 13.7. The van der Waals surface area contributed by atoms with Crippen molar-refractivity contribution < 1.29 is 9.47 Å². The summed E-state index contributed by atoms with van der Waals surface area (Å²) < 4.78 is 14.5. The van der Waals surface area contributed by atoms with Crippen LogP contribution in [-0.4, -0.2) is 11.3 Å². The molecule has 1 aromatic heterocycles. The van der Waals surface area contributed by atoms with Crippen molar-refractivity contribution in [1.82, 2.24) is 4.57 Å². The number of nitrogens with zero attached hydrogens (tertiary/aromatic N) is 1. The van der Waals surface area contributed by atoms with Crippen LogP contribution in [0.25, 0.3) is 27.4 Å². The summed E-state index contributed by atoms with van der Waals surface area (Å²) >= 11 is 0. The molecule has 3 aliphatic heterocycles. The summed E-state index contributed by atoms with van der Waals surface area (Å²) in [4.78, 5) is 13.7. The van der Waals surface area contributed by atoms with Crippen molar-refractivity contribution in [3.8, 4) is 28.7 Å². The minimum absolute atomic E-state index is 0.0100. The SMILES string of the molecule is O=c1c2ccccc2c2ccc3c4c2n1-c1cccc2c1B4c1c(cccc1O3)O2. The van der Waals surface area contributed by atoms with Crippen molar-refractivity contribution in [2.24, 2.45) is 0 Å². The zero-order chi connectivity index (χ0) is 19.6. The second kappa shape index (κ2) is 4.77. The smallest absolute Gasteiger partial charge is 0.266 e. The highest BCUT2D eigenvalue weighted by Gasteiger charge is 2.45. The Kier molecular flexibility index (Phi) is 2.37. The van der Waals surface area contributed by atoms with Gasteiger partial charge in [-0.25, -0.2) is 0 Å². The van der Waals surface area contributed by atoms with Crippen LogP contribution in [0.5, 0.6) is 23.0 Å². The number of hydrogen-bond donors (Lipinski definition) is 0. The number of pyridine rings is 1. The third-order valence-electron chi connectivity index (χ3n) is 6.67. The van der Waals surface area contributed by atoms with E-state index in [9.17, 15) is 4.79 Å². The molecule has 0 saturated carbocycles. The maximum atomic E-state index is 13.7. The van der Waals surface area contributed by atoms with Gasteiger partial charge in [0.2, 0.25) is 0 Å². The van der Waals surface area contributed by atoms with Gasteiger partial charge in [-0.2, -0.15) is 0 Å². The number of aromatic nitrogens is 1. The lowest BCUT2D eigenvalue weighted by molar-refractivity contribution is 0.464. The molecule has 4 aromatic carbocycles. The lowest BCUT2D eigenvalue weighted by Gasteiger charge is -2.38. The summed E-state index contributed by atoms with van der Waals surface area (Å²) in [6.45, 7) is -0.0100. The van der Waals surface area contributed by atoms with Gasteiger partial charge in [0, 0.05) is 21.9 Å². The molecule has 4 heterocycles. The van der Waals surface area contributed by atoms with Gasteiger partial charge in [0.15, 0.2) is 0 Å². The molecule has 0 amide bonds. The van der Waals surface area contributed by atoms with E-state index in [0.29, 0.717) is 0 Å². The van der Waals surface area contributed by atoms with Crippen LogP contribution < -0.4 is 31.4 Å². The summed E-state index contributed by atoms with van der Waals surface area (Å²) in [5, 5.41) is 2.76. The van der Waals surface area contributed by atoms with Gasteiger partial charge < -0.3 is 9.47 Å². The summed E-state index contributed by atoms with van der Waals surface area (Å²) in [6.07, 6.45) is 0. The van der Waals surface area contributed by atoms with Crippen molar-refractivity contribution in [2.75, 3.05) is 0 Å². The van der Waals surface area contributed by atoms with Crippen LogP contribution in [0.15, 0.2) is 77.6 Å². The van der Waals surface area contributed by atoms with E-state index in [4.69, 9.17) is 9.47 Å². The van der Waals surface area contributed by atoms with Crippen molar-refractivity contribution in [2.45, 2.75) is 0 Å². The predicted octanol–water partition coefficient (Wildman–Crippen LogP) is 3.18. The molecule has 30 heavy (non-hydrogen) atoms. The third kappa shape index (κ3) is 1.50. The molecule has 5 heteroatoms. The van der Waals surface area contributed by atoms with Crippen LogP contribution in [0.1, 0.15) is 0 Å². The minimum Gasteiger partial charge on any atom is -0.458 e. The molecule has 0 aliphatic carbocycles. The molecule has 3 aliphatic rings. The molecule has 0 fully saturated rings. The fraction of sp³-hybridized carbons (Fsp3) is 0. The molecule has 5 aromatic rings. The van der Waals surface area contributed by atoms with E-state index in [1.807, 2.05) is 71.3 Å². The molecular weight excluding hydrogens is 373 g/mol. The summed E-state index contributed by atoms with van der Waals surface area (Å²) in [5.74, 6) is 3.25. The van der Waals surface area contributed by atoms with E-state index in [1.54, 1.807) is 0 Å². The number of ether oxygens (including phenoxy) is 2. The number of rotatable bonds is 0. The van der Waals surface area contributed by atoms with E-state index in [0.717, 1.165) is 66.7 Å². The van der Waals surface area contributed by atoms with Gasteiger partial charge in [-0.15, -0.1) is 0 Å². The van der Waals surface area contributed by atoms with Crippen LogP contribution in [0, 0.1) is 0 Å². The largest absolute Gasteiger partial charge is 0.458 e. The van der Waals surface area contributed by atoms with Crippen molar-refractivity contribution in [3.05, 3.63) is 83.2 Å². The number of benzene rings is 4. The standard InChI is InChI=1S/C25H12BNO3/c28-25-15-6-2-1-5-13(15)14-11-12-20-23-24(14)27(25)16-7-3-8-17-21(16)26(23)22-18(29-17)9-4-10-19(22)30-20/h1-12H. The predicted molar refractivity (Wildman–Crippen MR) is 118 cm³/mol. The maximum Gasteiger partial charge on any atom is 0.266 e. The van der Waals surface area contributed by atoms with Gasteiger partial charge in [0.1, 0.15) is 23.0 Å². The topological polar surface area (TPSA) is 40.5 Å². The second-order valence-electron chi connectivity index (χ2n) is 8.05. The van der Waals surface area contributed by atoms with Crippen molar-refractivity contribution >= 4 is 44.8 Å². The van der Waals surface area contributed by atoms with Crippen molar-refractivity contribution in [3.63, 3.8) is 0 Å². The average molecular weight is 385 g/mol. The molecule has 0 radical (unpaired) electrons. The first-order valence-corrected chi connectivity index (χ1v) is 10.0. The molecular formula is C25H12BNO3. The van der Waals surface area contributed by atoms with E-state index in [-0.39, 0.29) is 12.3 Å². The van der Waals surface area contributed by atoms with Crippen molar-refractivity contribution in [1.29, 1.82) is 0 Å². The molecule has 4 nitrogen and oxygen atoms in total. The fourth-order valence-corrected chi connectivity index (χ4v) is 5.53. The van der Waals surface area contributed by atoms with Gasteiger partial charge in [0.05, 0.1) is 5.52 Å². The molecule has 0 spiro atoms. The Labute approximate surface area is 171 Å². The highest BCUT2D eigenvalue weighted by molar-refractivity contribution is 7.00. The molecule has 8 rings (SSSR count). The van der Waals surface area contributed by atoms with Crippen LogP contribution in [0.4, 0.5) is 0 Å².